The molecule has 4 amide bonds. The smallest absolute Gasteiger partial charge is 0.262 e. The number of hydrogen-bond donors (Lipinski definition) is 1. The monoisotopic (exact) mass is 692 g/mol. The first-order chi connectivity index (χ1) is 24.7. The molecule has 2 aromatic carbocycles. The summed E-state index contributed by atoms with van der Waals surface area (Å²) in [5.41, 5.74) is 3.86. The van der Waals surface area contributed by atoms with Gasteiger partial charge in [-0.15, -0.1) is 0 Å². The van der Waals surface area contributed by atoms with Crippen molar-refractivity contribution in [1.82, 2.24) is 24.6 Å². The Morgan fingerprint density at radius 1 is 0.784 bits per heavy atom. The van der Waals surface area contributed by atoms with E-state index in [1.807, 2.05) is 67.3 Å². The van der Waals surface area contributed by atoms with Gasteiger partial charge in [-0.2, -0.15) is 4.39 Å². The number of aromatic nitrogens is 3. The highest BCUT2D eigenvalue weighted by Crippen LogP contribution is 2.31. The molecule has 260 valence electrons. The van der Waals surface area contributed by atoms with Crippen LogP contribution in [0.5, 0.6) is 11.5 Å². The minimum atomic E-state index is -1.03. The number of imide groups is 2. The number of benzene rings is 2. The van der Waals surface area contributed by atoms with E-state index in [-0.39, 0.29) is 37.2 Å². The Morgan fingerprint density at radius 3 is 2.20 bits per heavy atom. The highest BCUT2D eigenvalue weighted by molar-refractivity contribution is 6.23. The van der Waals surface area contributed by atoms with Crippen molar-refractivity contribution in [3.05, 3.63) is 96.2 Å². The number of carbonyl (C=O) groups excluding carboxylic acids is 4. The van der Waals surface area contributed by atoms with Crippen LogP contribution in [0.2, 0.25) is 0 Å². The average Bonchev–Trinajstić information content (AvgIpc) is 3.65. The lowest BCUT2D eigenvalue weighted by Crippen LogP contribution is -2.54. The molecule has 0 spiro atoms. The molecule has 2 aliphatic heterocycles. The van der Waals surface area contributed by atoms with E-state index < -0.39 is 35.6 Å². The summed E-state index contributed by atoms with van der Waals surface area (Å²) >= 11 is 0. The van der Waals surface area contributed by atoms with Gasteiger partial charge in [0.2, 0.25) is 17.8 Å². The first-order valence-corrected chi connectivity index (χ1v) is 16.3. The lowest BCUT2D eigenvalue weighted by atomic mass is 10.0. The van der Waals surface area contributed by atoms with Crippen molar-refractivity contribution in [2.24, 2.45) is 0 Å². The highest BCUT2D eigenvalue weighted by Gasteiger charge is 2.44. The minimum Gasteiger partial charge on any atom is -0.491 e. The number of amides is 4. The van der Waals surface area contributed by atoms with Gasteiger partial charge in [-0.05, 0) is 54.4 Å². The largest absolute Gasteiger partial charge is 0.491 e. The second kappa shape index (κ2) is 14.0. The normalized spacial score (nSPS) is 15.7. The molecule has 0 aliphatic carbocycles. The zero-order chi connectivity index (χ0) is 35.6. The van der Waals surface area contributed by atoms with Crippen molar-refractivity contribution in [3.8, 4) is 33.9 Å². The molecule has 14 heteroatoms. The summed E-state index contributed by atoms with van der Waals surface area (Å²) in [5, 5.41) is 2.18. The molecule has 1 saturated heterocycles. The Kier molecular flexibility index (Phi) is 9.15. The van der Waals surface area contributed by atoms with Crippen LogP contribution in [0.1, 0.15) is 33.6 Å². The van der Waals surface area contributed by atoms with Crippen LogP contribution < -0.4 is 19.7 Å². The number of pyridine rings is 2. The number of hydrogen-bond acceptors (Lipinski definition) is 10. The van der Waals surface area contributed by atoms with Gasteiger partial charge in [-0.3, -0.25) is 29.4 Å². The number of rotatable bonds is 12. The Labute approximate surface area is 291 Å². The number of carbonyl (C=O) groups is 4. The van der Waals surface area contributed by atoms with Crippen LogP contribution in [-0.4, -0.2) is 89.5 Å². The molecule has 1 atom stereocenters. The molecule has 1 N–H and O–H groups in total. The van der Waals surface area contributed by atoms with Crippen LogP contribution in [-0.2, 0) is 14.3 Å². The molecule has 2 aliphatic rings. The van der Waals surface area contributed by atoms with E-state index in [1.54, 1.807) is 23.1 Å². The summed E-state index contributed by atoms with van der Waals surface area (Å²) in [6, 6.07) is 18.2. The van der Waals surface area contributed by atoms with Gasteiger partial charge in [0.1, 0.15) is 42.2 Å². The quantitative estimate of drug-likeness (QED) is 0.115. The van der Waals surface area contributed by atoms with Crippen LogP contribution >= 0.6 is 0 Å². The fourth-order valence-electron chi connectivity index (χ4n) is 5.98. The number of nitrogens with one attached hydrogen (secondary N) is 1. The van der Waals surface area contributed by atoms with E-state index in [0.717, 1.165) is 27.4 Å². The highest BCUT2D eigenvalue weighted by atomic mass is 19.1. The topological polar surface area (TPSA) is 145 Å². The van der Waals surface area contributed by atoms with E-state index in [4.69, 9.17) is 19.2 Å². The maximum atomic E-state index is 14.6. The van der Waals surface area contributed by atoms with Crippen molar-refractivity contribution in [3.63, 3.8) is 0 Å². The van der Waals surface area contributed by atoms with Gasteiger partial charge in [0.05, 0.1) is 36.2 Å². The maximum absolute atomic E-state index is 14.6. The van der Waals surface area contributed by atoms with E-state index >= 15 is 0 Å². The molecule has 0 radical (unpaired) electrons. The fourth-order valence-corrected chi connectivity index (χ4v) is 5.98. The average molecular weight is 693 g/mol. The Morgan fingerprint density at radius 2 is 1.47 bits per heavy atom. The third kappa shape index (κ3) is 6.85. The minimum absolute atomic E-state index is 0.0539. The van der Waals surface area contributed by atoms with Gasteiger partial charge < -0.3 is 23.5 Å². The van der Waals surface area contributed by atoms with Crippen LogP contribution in [0.3, 0.4) is 0 Å². The summed E-state index contributed by atoms with van der Waals surface area (Å²) in [6.07, 6.45) is 3.87. The van der Waals surface area contributed by atoms with Crippen LogP contribution in [0.4, 0.5) is 10.2 Å². The Bertz CT molecular complexity index is 2170. The van der Waals surface area contributed by atoms with Crippen molar-refractivity contribution in [1.29, 1.82) is 0 Å². The molecule has 5 heterocycles. The molecule has 13 nitrogen and oxygen atoms in total. The number of imidazole rings is 1. The first-order valence-electron chi connectivity index (χ1n) is 16.3. The van der Waals surface area contributed by atoms with Crippen molar-refractivity contribution >= 4 is 35.1 Å². The number of halogens is 1. The molecule has 7 rings (SSSR count). The van der Waals surface area contributed by atoms with Gasteiger partial charge >= 0.3 is 0 Å². The van der Waals surface area contributed by atoms with Crippen LogP contribution in [0, 0.1) is 5.95 Å². The molecule has 0 saturated carbocycles. The number of anilines is 1. The zero-order valence-corrected chi connectivity index (χ0v) is 27.8. The predicted molar refractivity (Wildman–Crippen MR) is 183 cm³/mol. The molecule has 5 aromatic rings. The van der Waals surface area contributed by atoms with Crippen molar-refractivity contribution in [2.75, 3.05) is 45.4 Å². The molecular weight excluding hydrogens is 659 g/mol. The molecule has 3 aromatic heterocycles. The molecule has 0 bridgehead atoms. The molecule has 1 unspecified atom stereocenters. The number of fused-ring (bicyclic) bond motifs is 2. The number of ether oxygens (including phenoxy) is 3. The predicted octanol–water partition coefficient (Wildman–Crippen LogP) is 4.14. The van der Waals surface area contributed by atoms with E-state index in [1.165, 1.54) is 12.1 Å². The zero-order valence-electron chi connectivity index (χ0n) is 27.8. The van der Waals surface area contributed by atoms with E-state index in [9.17, 15) is 23.6 Å². The van der Waals surface area contributed by atoms with Gasteiger partial charge in [0.25, 0.3) is 11.8 Å². The summed E-state index contributed by atoms with van der Waals surface area (Å²) in [6.45, 7) is 1.04. The van der Waals surface area contributed by atoms with Crippen LogP contribution in [0.25, 0.3) is 28.0 Å². The van der Waals surface area contributed by atoms with Gasteiger partial charge in [-0.25, -0.2) is 9.97 Å². The van der Waals surface area contributed by atoms with E-state index in [0.29, 0.717) is 36.1 Å². The summed E-state index contributed by atoms with van der Waals surface area (Å²) in [4.78, 5) is 61.0. The third-order valence-corrected chi connectivity index (χ3v) is 8.61. The van der Waals surface area contributed by atoms with Gasteiger partial charge in [0, 0.05) is 37.8 Å². The lowest BCUT2D eigenvalue weighted by Gasteiger charge is -2.27. The third-order valence-electron chi connectivity index (χ3n) is 8.61. The number of nitrogens with zero attached hydrogens (tertiary/aromatic N) is 5. The first kappa shape index (κ1) is 33.4. The molecule has 51 heavy (non-hydrogen) atoms. The second-order valence-electron chi connectivity index (χ2n) is 12.2. The van der Waals surface area contributed by atoms with E-state index in [2.05, 4.69) is 10.3 Å². The summed E-state index contributed by atoms with van der Waals surface area (Å²) in [7, 11) is 3.63. The second-order valence-corrected chi connectivity index (χ2v) is 12.2. The Balaban J connectivity index is 0.871. The van der Waals surface area contributed by atoms with Crippen molar-refractivity contribution < 1.29 is 37.8 Å². The number of piperidine rings is 1. The molecular formula is C37H33FN6O7. The van der Waals surface area contributed by atoms with Gasteiger partial charge in [-0.1, -0.05) is 24.3 Å². The molecule has 1 fully saturated rings. The summed E-state index contributed by atoms with van der Waals surface area (Å²) in [5.74, 6) is -1.21. The summed E-state index contributed by atoms with van der Waals surface area (Å²) < 4.78 is 33.7. The fraction of sp³-hybridized carbons (Fsp3) is 0.243. The SMILES string of the molecule is CN(C)c1ccc(-c2ccc(-c3cn4cc(OCCOCCOc5ccc6c(c5)C(=O)N(C5CCC(=O)NC5=O)C6=O)ccc4n3)cc2)c(F)n1. The maximum Gasteiger partial charge on any atom is 0.262 e. The Hall–Kier alpha value is -6.15. The standard InChI is InChI=1S/C37H33FN6O7/c1-42(2)31-13-10-26(34(38)40-31)22-3-5-23(6-4-22)29-21-43-20-25(8-12-32(43)39-29)51-18-16-49-15-17-50-24-7-9-27-28(19-24)37(48)44(36(27)47)30-11-14-33(45)41-35(30)46/h3-10,12-13,19-21,30H,11,14-18H2,1-2H3,(H,41,45,46). The van der Waals surface area contributed by atoms with Gasteiger partial charge in [0.15, 0.2) is 0 Å². The lowest BCUT2D eigenvalue weighted by molar-refractivity contribution is -0.136. The van der Waals surface area contributed by atoms with Crippen LogP contribution in [0.15, 0.2) is 79.1 Å². The van der Waals surface area contributed by atoms with Crippen molar-refractivity contribution in [2.45, 2.75) is 18.9 Å².